The molecule has 0 aliphatic heterocycles. The zero-order chi connectivity index (χ0) is 12.3. The third-order valence-electron chi connectivity index (χ3n) is 3.19. The largest absolute Gasteiger partial charge is 0.305 e. The maximum absolute atomic E-state index is 2.36. The van der Waals surface area contributed by atoms with Gasteiger partial charge in [-0.1, -0.05) is 43.3 Å². The van der Waals surface area contributed by atoms with Gasteiger partial charge in [0.05, 0.1) is 0 Å². The molecule has 0 fully saturated rings. The van der Waals surface area contributed by atoms with Crippen LogP contribution >= 0.6 is 0 Å². The Morgan fingerprint density at radius 2 is 1.94 bits per heavy atom. The minimum Gasteiger partial charge on any atom is -0.305 e. The molecule has 0 heterocycles. The molecule has 90 valence electrons. The van der Waals surface area contributed by atoms with E-state index in [9.17, 15) is 0 Å². The highest BCUT2D eigenvalue weighted by atomic mass is 15.0. The number of aryl methyl sites for hydroxylation is 1. The van der Waals surface area contributed by atoms with Crippen LogP contribution in [0.4, 0.5) is 0 Å². The summed E-state index contributed by atoms with van der Waals surface area (Å²) < 4.78 is 0. The SMILES string of the molecule is CCc1ccccc1C1=CC(CN(C)C)=CC1. The molecule has 2 rings (SSSR count). The zero-order valence-corrected chi connectivity index (χ0v) is 11.0. The number of hydrogen-bond donors (Lipinski definition) is 0. The highest BCUT2D eigenvalue weighted by molar-refractivity contribution is 5.74. The number of benzene rings is 1. The first-order valence-corrected chi connectivity index (χ1v) is 6.33. The van der Waals surface area contributed by atoms with E-state index >= 15 is 0 Å². The maximum Gasteiger partial charge on any atom is 0.0224 e. The van der Waals surface area contributed by atoms with Crippen LogP contribution in [0.1, 0.15) is 24.5 Å². The van der Waals surface area contributed by atoms with Gasteiger partial charge in [0.2, 0.25) is 0 Å². The van der Waals surface area contributed by atoms with E-state index in [-0.39, 0.29) is 0 Å². The Kier molecular flexibility index (Phi) is 3.80. The van der Waals surface area contributed by atoms with Crippen LogP contribution in [0.5, 0.6) is 0 Å². The van der Waals surface area contributed by atoms with Gasteiger partial charge in [0.15, 0.2) is 0 Å². The lowest BCUT2D eigenvalue weighted by molar-refractivity contribution is 0.449. The molecule has 0 saturated heterocycles. The van der Waals surface area contributed by atoms with Crippen molar-refractivity contribution in [3.8, 4) is 0 Å². The number of hydrogen-bond acceptors (Lipinski definition) is 1. The van der Waals surface area contributed by atoms with Crippen LogP contribution in [0, 0.1) is 0 Å². The molecule has 1 aromatic carbocycles. The summed E-state index contributed by atoms with van der Waals surface area (Å²) in [5, 5.41) is 0. The third kappa shape index (κ3) is 2.86. The second-order valence-electron chi connectivity index (χ2n) is 4.90. The van der Waals surface area contributed by atoms with Gasteiger partial charge < -0.3 is 4.90 Å². The van der Waals surface area contributed by atoms with Crippen molar-refractivity contribution in [2.75, 3.05) is 20.6 Å². The van der Waals surface area contributed by atoms with Crippen LogP contribution in [-0.2, 0) is 6.42 Å². The molecule has 1 heteroatoms. The second-order valence-corrected chi connectivity index (χ2v) is 4.90. The molecule has 1 aliphatic carbocycles. The Balaban J connectivity index is 2.20. The van der Waals surface area contributed by atoms with Crippen LogP contribution < -0.4 is 0 Å². The predicted molar refractivity (Wildman–Crippen MR) is 75.1 cm³/mol. The molecule has 1 aromatic rings. The lowest BCUT2D eigenvalue weighted by atomic mass is 9.97. The average Bonchev–Trinajstić information content (AvgIpc) is 2.76. The number of likely N-dealkylation sites (N-methyl/N-ethyl adjacent to an activating group) is 1. The molecule has 17 heavy (non-hydrogen) atoms. The molecule has 0 unspecified atom stereocenters. The molecule has 0 bridgehead atoms. The van der Waals surface area contributed by atoms with E-state index in [2.05, 4.69) is 62.3 Å². The van der Waals surface area contributed by atoms with Crippen molar-refractivity contribution in [3.05, 3.63) is 53.1 Å². The van der Waals surface area contributed by atoms with Gasteiger partial charge in [0.25, 0.3) is 0 Å². The van der Waals surface area contributed by atoms with Gasteiger partial charge in [-0.2, -0.15) is 0 Å². The second kappa shape index (κ2) is 5.33. The monoisotopic (exact) mass is 227 g/mol. The van der Waals surface area contributed by atoms with Gasteiger partial charge in [-0.25, -0.2) is 0 Å². The van der Waals surface area contributed by atoms with Gasteiger partial charge in [0.1, 0.15) is 0 Å². The summed E-state index contributed by atoms with van der Waals surface area (Å²) in [6, 6.07) is 8.75. The van der Waals surface area contributed by atoms with Crippen LogP contribution in [-0.4, -0.2) is 25.5 Å². The highest BCUT2D eigenvalue weighted by Crippen LogP contribution is 2.29. The van der Waals surface area contributed by atoms with Gasteiger partial charge >= 0.3 is 0 Å². The van der Waals surface area contributed by atoms with Crippen molar-refractivity contribution in [2.24, 2.45) is 0 Å². The fourth-order valence-corrected chi connectivity index (χ4v) is 2.39. The van der Waals surface area contributed by atoms with E-state index in [4.69, 9.17) is 0 Å². The maximum atomic E-state index is 2.36. The van der Waals surface area contributed by atoms with E-state index in [1.54, 1.807) is 0 Å². The van der Waals surface area contributed by atoms with Crippen molar-refractivity contribution in [1.82, 2.24) is 4.90 Å². The smallest absolute Gasteiger partial charge is 0.0224 e. The molecule has 1 aliphatic rings. The van der Waals surface area contributed by atoms with Crippen LogP contribution in [0.15, 0.2) is 42.0 Å². The summed E-state index contributed by atoms with van der Waals surface area (Å²) in [7, 11) is 4.24. The molecular formula is C16H21N. The lowest BCUT2D eigenvalue weighted by Gasteiger charge is -2.09. The molecule has 0 radical (unpaired) electrons. The number of allylic oxidation sites excluding steroid dienone is 2. The lowest BCUT2D eigenvalue weighted by Crippen LogP contribution is -2.13. The first kappa shape index (κ1) is 12.1. The van der Waals surface area contributed by atoms with Gasteiger partial charge in [-0.15, -0.1) is 0 Å². The summed E-state index contributed by atoms with van der Waals surface area (Å²) >= 11 is 0. The van der Waals surface area contributed by atoms with Crippen molar-refractivity contribution >= 4 is 5.57 Å². The van der Waals surface area contributed by atoms with Gasteiger partial charge in [0, 0.05) is 6.54 Å². The third-order valence-corrected chi connectivity index (χ3v) is 3.19. The minimum atomic E-state index is 1.04. The first-order valence-electron chi connectivity index (χ1n) is 6.33. The number of rotatable bonds is 4. The fourth-order valence-electron chi connectivity index (χ4n) is 2.39. The summed E-state index contributed by atoms with van der Waals surface area (Å²) in [6.07, 6.45) is 6.90. The van der Waals surface area contributed by atoms with Crippen LogP contribution in [0.25, 0.3) is 5.57 Å². The standard InChI is InChI=1S/C16H21N/c1-4-14-7-5-6-8-16(14)15-10-9-13(11-15)12-17(2)3/h5-9,11H,4,10,12H2,1-3H3. The normalized spacial score (nSPS) is 15.1. The van der Waals surface area contributed by atoms with Gasteiger partial charge in [-0.3, -0.25) is 0 Å². The summed E-state index contributed by atoms with van der Waals surface area (Å²) in [4.78, 5) is 2.22. The van der Waals surface area contributed by atoms with E-state index in [0.29, 0.717) is 0 Å². The van der Waals surface area contributed by atoms with Crippen molar-refractivity contribution in [2.45, 2.75) is 19.8 Å². The Bertz CT molecular complexity index is 452. The van der Waals surface area contributed by atoms with E-state index in [0.717, 1.165) is 19.4 Å². The Morgan fingerprint density at radius 3 is 2.65 bits per heavy atom. The molecule has 0 spiro atoms. The van der Waals surface area contributed by atoms with E-state index < -0.39 is 0 Å². The van der Waals surface area contributed by atoms with Crippen LogP contribution in [0.3, 0.4) is 0 Å². The Hall–Kier alpha value is -1.34. The van der Waals surface area contributed by atoms with Crippen molar-refractivity contribution < 1.29 is 0 Å². The topological polar surface area (TPSA) is 3.24 Å². The molecular weight excluding hydrogens is 206 g/mol. The fraction of sp³-hybridized carbons (Fsp3) is 0.375. The molecule has 0 atom stereocenters. The first-order chi connectivity index (χ1) is 8.20. The molecule has 1 nitrogen and oxygen atoms in total. The Morgan fingerprint density at radius 1 is 1.18 bits per heavy atom. The number of nitrogens with zero attached hydrogens (tertiary/aromatic N) is 1. The van der Waals surface area contributed by atoms with Gasteiger partial charge in [-0.05, 0) is 49.2 Å². The van der Waals surface area contributed by atoms with Crippen molar-refractivity contribution in [1.29, 1.82) is 0 Å². The molecule has 0 aromatic heterocycles. The molecule has 0 N–H and O–H groups in total. The van der Waals surface area contributed by atoms with Crippen molar-refractivity contribution in [3.63, 3.8) is 0 Å². The summed E-state index contributed by atoms with van der Waals surface area (Å²) in [6.45, 7) is 3.26. The summed E-state index contributed by atoms with van der Waals surface area (Å²) in [5.41, 5.74) is 5.80. The zero-order valence-electron chi connectivity index (χ0n) is 11.0. The quantitative estimate of drug-likeness (QED) is 0.760. The summed E-state index contributed by atoms with van der Waals surface area (Å²) in [5.74, 6) is 0. The predicted octanol–water partition coefficient (Wildman–Crippen LogP) is 3.52. The van der Waals surface area contributed by atoms with E-state index in [1.807, 2.05) is 0 Å². The Labute approximate surface area is 104 Å². The van der Waals surface area contributed by atoms with E-state index in [1.165, 1.54) is 22.3 Å². The molecule has 0 saturated carbocycles. The van der Waals surface area contributed by atoms with Crippen LogP contribution in [0.2, 0.25) is 0 Å². The molecule has 0 amide bonds. The average molecular weight is 227 g/mol. The highest BCUT2D eigenvalue weighted by Gasteiger charge is 2.11. The minimum absolute atomic E-state index is 1.04.